The number of halogens is 3. The van der Waals surface area contributed by atoms with Crippen LogP contribution in [0.3, 0.4) is 0 Å². The Balaban J connectivity index is 1.53. The maximum Gasteiger partial charge on any atom is 0.417 e. The third-order valence-electron chi connectivity index (χ3n) is 5.99. The fourth-order valence-corrected chi connectivity index (χ4v) is 4.22. The lowest BCUT2D eigenvalue weighted by atomic mass is 10.1. The predicted octanol–water partition coefficient (Wildman–Crippen LogP) is 3.81. The van der Waals surface area contributed by atoms with Crippen LogP contribution in [0.5, 0.6) is 17.2 Å². The number of benzene rings is 2. The smallest absolute Gasteiger partial charge is 0.417 e. The topological polar surface area (TPSA) is 84.1 Å². The predicted molar refractivity (Wildman–Crippen MR) is 121 cm³/mol. The number of aromatic nitrogens is 1. The van der Waals surface area contributed by atoms with Gasteiger partial charge in [0.25, 0.3) is 11.8 Å². The Hall–Kier alpha value is -3.89. The zero-order valence-corrected chi connectivity index (χ0v) is 19.4. The van der Waals surface area contributed by atoms with E-state index in [1.54, 1.807) is 17.0 Å². The number of hydrogen-bond acceptors (Lipinski definition) is 5. The summed E-state index contributed by atoms with van der Waals surface area (Å²) in [6.07, 6.45) is -4.63. The summed E-state index contributed by atoms with van der Waals surface area (Å²) in [6.45, 7) is 0.562. The van der Waals surface area contributed by atoms with Gasteiger partial charge in [0.15, 0.2) is 11.5 Å². The molecule has 1 fully saturated rings. The SMILES string of the molecule is COc1cc(OC)c2cc(C(=O)N3CCN(C(=O)c4ccccc4C(F)(F)F)CC3)[nH]c2c1OC. The van der Waals surface area contributed by atoms with Crippen molar-refractivity contribution in [2.75, 3.05) is 47.5 Å². The minimum atomic E-state index is -4.63. The number of aromatic amines is 1. The molecule has 0 radical (unpaired) electrons. The molecule has 4 rings (SSSR count). The van der Waals surface area contributed by atoms with Gasteiger partial charge in [-0.15, -0.1) is 0 Å². The lowest BCUT2D eigenvalue weighted by Gasteiger charge is -2.35. The van der Waals surface area contributed by atoms with Crippen LogP contribution in [0, 0.1) is 0 Å². The molecule has 0 spiro atoms. The number of methoxy groups -OCH3 is 3. The standard InChI is InChI=1S/C24H24F3N3O5/c1-33-18-13-19(34-2)21(35-3)20-15(18)12-17(28-20)23(32)30-10-8-29(9-11-30)22(31)14-6-4-5-7-16(14)24(25,26)27/h4-7,12-13,28H,8-11H2,1-3H3. The number of piperazine rings is 1. The molecule has 1 aliphatic heterocycles. The molecule has 1 aromatic heterocycles. The number of alkyl halides is 3. The Morgan fingerprint density at radius 1 is 0.857 bits per heavy atom. The highest BCUT2D eigenvalue weighted by molar-refractivity contribution is 6.02. The van der Waals surface area contributed by atoms with Gasteiger partial charge >= 0.3 is 6.18 Å². The highest BCUT2D eigenvalue weighted by Crippen LogP contribution is 2.41. The first kappa shape index (κ1) is 24.2. The van der Waals surface area contributed by atoms with Gasteiger partial charge in [-0.1, -0.05) is 12.1 Å². The molecule has 0 aliphatic carbocycles. The zero-order chi connectivity index (χ0) is 25.3. The zero-order valence-electron chi connectivity index (χ0n) is 19.4. The van der Waals surface area contributed by atoms with Crippen LogP contribution >= 0.6 is 0 Å². The number of H-pyrrole nitrogens is 1. The van der Waals surface area contributed by atoms with Gasteiger partial charge in [0.1, 0.15) is 11.4 Å². The molecule has 1 N–H and O–H groups in total. The van der Waals surface area contributed by atoms with E-state index in [1.807, 2.05) is 0 Å². The largest absolute Gasteiger partial charge is 0.496 e. The molecule has 11 heteroatoms. The minimum absolute atomic E-state index is 0.109. The summed E-state index contributed by atoms with van der Waals surface area (Å²) < 4.78 is 56.2. The van der Waals surface area contributed by atoms with Crippen LogP contribution in [0.25, 0.3) is 10.9 Å². The van der Waals surface area contributed by atoms with E-state index >= 15 is 0 Å². The lowest BCUT2D eigenvalue weighted by molar-refractivity contribution is -0.138. The summed E-state index contributed by atoms with van der Waals surface area (Å²) in [5.41, 5.74) is -0.555. The van der Waals surface area contributed by atoms with Gasteiger partial charge in [-0.3, -0.25) is 9.59 Å². The van der Waals surface area contributed by atoms with Crippen molar-refractivity contribution in [1.82, 2.24) is 14.8 Å². The Bertz CT molecular complexity index is 1260. The average molecular weight is 491 g/mol. The summed E-state index contributed by atoms with van der Waals surface area (Å²) >= 11 is 0. The molecule has 8 nitrogen and oxygen atoms in total. The maximum atomic E-state index is 13.3. The van der Waals surface area contributed by atoms with Crippen molar-refractivity contribution < 1.29 is 37.0 Å². The average Bonchev–Trinajstić information content (AvgIpc) is 3.31. The van der Waals surface area contributed by atoms with Gasteiger partial charge < -0.3 is 29.0 Å². The Kier molecular flexibility index (Phi) is 6.51. The van der Waals surface area contributed by atoms with E-state index < -0.39 is 23.2 Å². The number of fused-ring (bicyclic) bond motifs is 1. The second-order valence-electron chi connectivity index (χ2n) is 7.91. The van der Waals surface area contributed by atoms with Gasteiger partial charge in [-0.2, -0.15) is 13.2 Å². The van der Waals surface area contributed by atoms with Crippen LogP contribution < -0.4 is 14.2 Å². The van der Waals surface area contributed by atoms with Gasteiger partial charge in [-0.05, 0) is 18.2 Å². The number of nitrogens with one attached hydrogen (secondary N) is 1. The Morgan fingerprint density at radius 2 is 1.46 bits per heavy atom. The summed E-state index contributed by atoms with van der Waals surface area (Å²) in [5.74, 6) is 0.320. The van der Waals surface area contributed by atoms with Crippen molar-refractivity contribution in [3.63, 3.8) is 0 Å². The highest BCUT2D eigenvalue weighted by atomic mass is 19.4. The first-order chi connectivity index (χ1) is 16.7. The van der Waals surface area contributed by atoms with Crippen LogP contribution in [0.2, 0.25) is 0 Å². The quantitative estimate of drug-likeness (QED) is 0.587. The number of hydrogen-bond donors (Lipinski definition) is 1. The van der Waals surface area contributed by atoms with Gasteiger partial charge in [0, 0.05) is 37.6 Å². The third kappa shape index (κ3) is 4.45. The van der Waals surface area contributed by atoms with Crippen molar-refractivity contribution in [2.45, 2.75) is 6.18 Å². The van der Waals surface area contributed by atoms with E-state index in [2.05, 4.69) is 4.98 Å². The Morgan fingerprint density at radius 3 is 2.03 bits per heavy atom. The molecule has 0 bridgehead atoms. The molecule has 2 amide bonds. The number of amides is 2. The molecule has 2 aromatic carbocycles. The first-order valence-electron chi connectivity index (χ1n) is 10.8. The number of rotatable bonds is 5. The van der Waals surface area contributed by atoms with Gasteiger partial charge in [0.2, 0.25) is 0 Å². The van der Waals surface area contributed by atoms with Gasteiger partial charge in [-0.25, -0.2) is 0 Å². The molecule has 186 valence electrons. The normalized spacial score (nSPS) is 14.2. The number of carbonyl (C=O) groups excluding carboxylic acids is 2. The maximum absolute atomic E-state index is 13.3. The molecule has 0 unspecified atom stereocenters. The van der Waals surface area contributed by atoms with Crippen molar-refractivity contribution in [3.8, 4) is 17.2 Å². The van der Waals surface area contributed by atoms with Crippen LogP contribution in [0.15, 0.2) is 36.4 Å². The number of carbonyl (C=O) groups is 2. The van der Waals surface area contributed by atoms with Crippen LogP contribution in [-0.4, -0.2) is 74.1 Å². The number of ether oxygens (including phenoxy) is 3. The van der Waals surface area contributed by atoms with Crippen LogP contribution in [0.4, 0.5) is 13.2 Å². The summed E-state index contributed by atoms with van der Waals surface area (Å²) in [5, 5.41) is 0.631. The molecular weight excluding hydrogens is 467 g/mol. The summed E-state index contributed by atoms with van der Waals surface area (Å²) in [6, 6.07) is 8.01. The fraction of sp³-hybridized carbons (Fsp3) is 0.333. The van der Waals surface area contributed by atoms with Crippen molar-refractivity contribution >= 4 is 22.7 Å². The van der Waals surface area contributed by atoms with E-state index in [0.29, 0.717) is 28.2 Å². The molecule has 0 saturated carbocycles. The fourth-order valence-electron chi connectivity index (χ4n) is 4.22. The van der Waals surface area contributed by atoms with Crippen LogP contribution in [0.1, 0.15) is 26.4 Å². The molecule has 1 saturated heterocycles. The summed E-state index contributed by atoms with van der Waals surface area (Å²) in [4.78, 5) is 31.9. The van der Waals surface area contributed by atoms with Crippen molar-refractivity contribution in [3.05, 3.63) is 53.2 Å². The molecular formula is C24H24F3N3O5. The second kappa shape index (κ2) is 9.40. The Labute approximate surface area is 199 Å². The van der Waals surface area contributed by atoms with Gasteiger partial charge in [0.05, 0.1) is 38.0 Å². The molecule has 3 aromatic rings. The highest BCUT2D eigenvalue weighted by Gasteiger charge is 2.36. The third-order valence-corrected chi connectivity index (χ3v) is 5.99. The monoisotopic (exact) mass is 491 g/mol. The van der Waals surface area contributed by atoms with E-state index in [9.17, 15) is 22.8 Å². The minimum Gasteiger partial charge on any atom is -0.496 e. The first-order valence-corrected chi connectivity index (χ1v) is 10.8. The van der Waals surface area contributed by atoms with E-state index in [-0.39, 0.29) is 37.8 Å². The molecule has 35 heavy (non-hydrogen) atoms. The van der Waals surface area contributed by atoms with E-state index in [1.165, 1.54) is 44.4 Å². The van der Waals surface area contributed by atoms with Crippen LogP contribution in [-0.2, 0) is 6.18 Å². The lowest BCUT2D eigenvalue weighted by Crippen LogP contribution is -2.50. The molecule has 0 atom stereocenters. The van der Waals surface area contributed by atoms with Crippen molar-refractivity contribution in [2.24, 2.45) is 0 Å². The van der Waals surface area contributed by atoms with E-state index in [4.69, 9.17) is 14.2 Å². The van der Waals surface area contributed by atoms with Crippen molar-refractivity contribution in [1.29, 1.82) is 0 Å². The summed E-state index contributed by atoms with van der Waals surface area (Å²) in [7, 11) is 4.48. The molecule has 1 aliphatic rings. The molecule has 2 heterocycles. The van der Waals surface area contributed by atoms with E-state index in [0.717, 1.165) is 6.07 Å². The number of nitrogens with zero attached hydrogens (tertiary/aromatic N) is 2. The second-order valence-corrected chi connectivity index (χ2v) is 7.91.